The first-order valence-electron chi connectivity index (χ1n) is 8.70. The predicted molar refractivity (Wildman–Crippen MR) is 94.6 cm³/mol. The van der Waals surface area contributed by atoms with Crippen molar-refractivity contribution in [2.75, 3.05) is 0 Å². The molecule has 1 aromatic heterocycles. The fourth-order valence-corrected chi connectivity index (χ4v) is 4.20. The third-order valence-corrected chi connectivity index (χ3v) is 5.49. The average molecular weight is 350 g/mol. The molecule has 0 bridgehead atoms. The summed E-state index contributed by atoms with van der Waals surface area (Å²) >= 11 is 1.60. The fourth-order valence-electron chi connectivity index (χ4n) is 3.13. The van der Waals surface area contributed by atoms with E-state index in [9.17, 15) is 9.59 Å². The Bertz CT molecular complexity index is 614. The molecule has 0 spiro atoms. The Labute approximate surface area is 147 Å². The lowest BCUT2D eigenvalue weighted by Gasteiger charge is -2.19. The standard InChI is InChI=1S/C18H26N2O3S/c1-18(2,3)23-17(22)20-14-9-13(14)15-8-11(10-24-15)16(21)19-12-6-4-5-7-12/h8,10,12-14H,4-7,9H2,1-3H3,(H,19,21)(H,20,22)/t13-,14-/m1/s1. The van der Waals surface area contributed by atoms with Gasteiger partial charge in [0.05, 0.1) is 5.56 Å². The Kier molecular flexibility index (Phi) is 4.85. The van der Waals surface area contributed by atoms with Crippen LogP contribution in [0.3, 0.4) is 0 Å². The summed E-state index contributed by atoms with van der Waals surface area (Å²) in [7, 11) is 0. The van der Waals surface area contributed by atoms with Crippen molar-refractivity contribution < 1.29 is 14.3 Å². The molecule has 6 heteroatoms. The molecule has 132 valence electrons. The van der Waals surface area contributed by atoms with Crippen molar-refractivity contribution in [3.63, 3.8) is 0 Å². The molecule has 2 N–H and O–H groups in total. The Morgan fingerprint density at radius 3 is 2.58 bits per heavy atom. The van der Waals surface area contributed by atoms with E-state index in [1.54, 1.807) is 11.3 Å². The zero-order valence-corrected chi connectivity index (χ0v) is 15.4. The van der Waals surface area contributed by atoms with Gasteiger partial charge < -0.3 is 15.4 Å². The summed E-state index contributed by atoms with van der Waals surface area (Å²) in [6, 6.07) is 2.42. The molecule has 2 saturated carbocycles. The van der Waals surface area contributed by atoms with Crippen molar-refractivity contribution in [2.45, 2.75) is 76.5 Å². The van der Waals surface area contributed by atoms with Gasteiger partial charge in [0.2, 0.25) is 0 Å². The molecular formula is C18H26N2O3S. The molecule has 2 atom stereocenters. The normalized spacial score (nSPS) is 23.8. The molecule has 2 fully saturated rings. The molecule has 2 amide bonds. The fraction of sp³-hybridized carbons (Fsp3) is 0.667. The van der Waals surface area contributed by atoms with Gasteiger partial charge in [-0.2, -0.15) is 0 Å². The van der Waals surface area contributed by atoms with Crippen molar-refractivity contribution in [3.05, 3.63) is 21.9 Å². The van der Waals surface area contributed by atoms with Gasteiger partial charge in [-0.3, -0.25) is 4.79 Å². The smallest absolute Gasteiger partial charge is 0.407 e. The second-order valence-corrected chi connectivity index (χ2v) is 8.73. The summed E-state index contributed by atoms with van der Waals surface area (Å²) in [5, 5.41) is 7.94. The van der Waals surface area contributed by atoms with Gasteiger partial charge in [-0.15, -0.1) is 11.3 Å². The Morgan fingerprint density at radius 2 is 1.92 bits per heavy atom. The maximum atomic E-state index is 12.3. The first kappa shape index (κ1) is 17.3. The number of rotatable bonds is 4. The SMILES string of the molecule is CC(C)(C)OC(=O)N[C@@H]1C[C@H]1c1cc(C(=O)NC2CCCC2)cs1. The van der Waals surface area contributed by atoms with Crippen LogP contribution in [-0.4, -0.2) is 29.7 Å². The van der Waals surface area contributed by atoms with Crippen LogP contribution in [0.15, 0.2) is 11.4 Å². The van der Waals surface area contributed by atoms with E-state index in [1.807, 2.05) is 32.2 Å². The second-order valence-electron chi connectivity index (χ2n) is 7.79. The van der Waals surface area contributed by atoms with Crippen LogP contribution in [0.2, 0.25) is 0 Å². The van der Waals surface area contributed by atoms with Crippen LogP contribution >= 0.6 is 11.3 Å². The third kappa shape index (κ3) is 4.50. The zero-order valence-electron chi connectivity index (χ0n) is 14.6. The number of ether oxygens (including phenoxy) is 1. The summed E-state index contributed by atoms with van der Waals surface area (Å²) in [5.74, 6) is 0.331. The molecule has 24 heavy (non-hydrogen) atoms. The molecule has 2 aliphatic carbocycles. The van der Waals surface area contributed by atoms with Gasteiger partial charge >= 0.3 is 6.09 Å². The molecule has 0 unspecified atom stereocenters. The van der Waals surface area contributed by atoms with Crippen molar-refractivity contribution >= 4 is 23.3 Å². The third-order valence-electron chi connectivity index (χ3n) is 4.43. The van der Waals surface area contributed by atoms with E-state index in [2.05, 4.69) is 10.6 Å². The number of nitrogens with one attached hydrogen (secondary N) is 2. The van der Waals surface area contributed by atoms with Gasteiger partial charge in [0.1, 0.15) is 5.60 Å². The molecule has 3 rings (SSSR count). The number of thiophene rings is 1. The zero-order chi connectivity index (χ0) is 17.3. The summed E-state index contributed by atoms with van der Waals surface area (Å²) in [6.45, 7) is 5.56. The number of alkyl carbamates (subject to hydrolysis) is 1. The highest BCUT2D eigenvalue weighted by molar-refractivity contribution is 7.10. The van der Waals surface area contributed by atoms with E-state index >= 15 is 0 Å². The minimum atomic E-state index is -0.483. The minimum absolute atomic E-state index is 0.0294. The quantitative estimate of drug-likeness (QED) is 0.868. The average Bonchev–Trinajstić information content (AvgIpc) is 2.92. The monoisotopic (exact) mass is 350 g/mol. The highest BCUT2D eigenvalue weighted by Crippen LogP contribution is 2.43. The topological polar surface area (TPSA) is 67.4 Å². The Morgan fingerprint density at radius 1 is 1.21 bits per heavy atom. The van der Waals surface area contributed by atoms with E-state index in [0.717, 1.165) is 29.7 Å². The number of hydrogen-bond donors (Lipinski definition) is 2. The van der Waals surface area contributed by atoms with E-state index in [4.69, 9.17) is 4.74 Å². The summed E-state index contributed by atoms with van der Waals surface area (Å²) in [5.41, 5.74) is 0.257. The first-order chi connectivity index (χ1) is 11.3. The lowest BCUT2D eigenvalue weighted by molar-refractivity contribution is 0.0522. The number of hydrogen-bond acceptors (Lipinski definition) is 4. The second kappa shape index (κ2) is 6.75. The van der Waals surface area contributed by atoms with Crippen molar-refractivity contribution in [1.29, 1.82) is 0 Å². The van der Waals surface area contributed by atoms with E-state index in [0.29, 0.717) is 12.0 Å². The molecule has 0 saturated heterocycles. The van der Waals surface area contributed by atoms with Crippen molar-refractivity contribution in [2.24, 2.45) is 0 Å². The number of carbonyl (C=O) groups is 2. The Balaban J connectivity index is 1.49. The molecule has 2 aliphatic rings. The van der Waals surface area contributed by atoms with Gasteiger partial charge in [-0.05, 0) is 46.1 Å². The van der Waals surface area contributed by atoms with Gasteiger partial charge in [-0.1, -0.05) is 12.8 Å². The lowest BCUT2D eigenvalue weighted by atomic mass is 10.2. The van der Waals surface area contributed by atoms with Crippen LogP contribution in [0.25, 0.3) is 0 Å². The van der Waals surface area contributed by atoms with E-state index < -0.39 is 5.60 Å². The summed E-state index contributed by atoms with van der Waals surface area (Å²) in [6.07, 6.45) is 5.13. The van der Waals surface area contributed by atoms with Crippen LogP contribution in [-0.2, 0) is 4.74 Å². The molecule has 0 aliphatic heterocycles. The molecular weight excluding hydrogens is 324 g/mol. The Hall–Kier alpha value is -1.56. The lowest BCUT2D eigenvalue weighted by Crippen LogP contribution is -2.34. The largest absolute Gasteiger partial charge is 0.444 e. The molecule has 0 radical (unpaired) electrons. The van der Waals surface area contributed by atoms with Crippen LogP contribution in [0.4, 0.5) is 4.79 Å². The van der Waals surface area contributed by atoms with E-state index in [-0.39, 0.29) is 18.0 Å². The molecule has 5 nitrogen and oxygen atoms in total. The van der Waals surface area contributed by atoms with Gasteiger partial charge in [0.15, 0.2) is 0 Å². The van der Waals surface area contributed by atoms with E-state index in [1.165, 1.54) is 12.8 Å². The summed E-state index contributed by atoms with van der Waals surface area (Å²) in [4.78, 5) is 25.2. The van der Waals surface area contributed by atoms with Gasteiger partial charge in [0, 0.05) is 28.3 Å². The maximum absolute atomic E-state index is 12.3. The molecule has 1 heterocycles. The summed E-state index contributed by atoms with van der Waals surface area (Å²) < 4.78 is 5.28. The molecule has 0 aromatic carbocycles. The molecule has 1 aromatic rings. The van der Waals surface area contributed by atoms with Crippen LogP contribution in [0.5, 0.6) is 0 Å². The number of carbonyl (C=O) groups excluding carboxylic acids is 2. The maximum Gasteiger partial charge on any atom is 0.407 e. The van der Waals surface area contributed by atoms with Crippen LogP contribution in [0.1, 0.15) is 74.0 Å². The highest BCUT2D eigenvalue weighted by atomic mass is 32.1. The predicted octanol–water partition coefficient (Wildman–Crippen LogP) is 3.80. The number of amides is 2. The van der Waals surface area contributed by atoms with Crippen LogP contribution in [0, 0.1) is 0 Å². The minimum Gasteiger partial charge on any atom is -0.444 e. The van der Waals surface area contributed by atoms with Crippen molar-refractivity contribution in [1.82, 2.24) is 10.6 Å². The van der Waals surface area contributed by atoms with Gasteiger partial charge in [0.25, 0.3) is 5.91 Å². The van der Waals surface area contributed by atoms with Crippen LogP contribution < -0.4 is 10.6 Å². The highest BCUT2D eigenvalue weighted by Gasteiger charge is 2.41. The van der Waals surface area contributed by atoms with Gasteiger partial charge in [-0.25, -0.2) is 4.79 Å². The first-order valence-corrected chi connectivity index (χ1v) is 9.58. The van der Waals surface area contributed by atoms with Crippen molar-refractivity contribution in [3.8, 4) is 0 Å².